The molecule has 0 atom stereocenters. The average Bonchev–Trinajstić information content (AvgIpc) is 3.21. The summed E-state index contributed by atoms with van der Waals surface area (Å²) in [6, 6.07) is 25.0. The van der Waals surface area contributed by atoms with Gasteiger partial charge in [0, 0.05) is 23.1 Å². The lowest BCUT2D eigenvalue weighted by atomic mass is 10.0. The van der Waals surface area contributed by atoms with E-state index in [9.17, 15) is 4.39 Å². The standard InChI is InChI=1S/C27H23FN4/c1-18(2)19-8-12-22(13-9-19)31-26-25-24(20-6-4-3-5-7-20)16-32(27(25)30-17-29-26)23-14-10-21(28)11-15-23/h3-18H,1-2H3,(H,29,30,31). The van der Waals surface area contributed by atoms with Gasteiger partial charge in [0.1, 0.15) is 18.0 Å². The van der Waals surface area contributed by atoms with E-state index in [1.807, 2.05) is 29.0 Å². The summed E-state index contributed by atoms with van der Waals surface area (Å²) in [7, 11) is 0. The zero-order valence-corrected chi connectivity index (χ0v) is 18.0. The number of nitrogens with one attached hydrogen (secondary N) is 1. The van der Waals surface area contributed by atoms with Crippen LogP contribution in [-0.2, 0) is 0 Å². The molecule has 0 aliphatic rings. The molecule has 5 heteroatoms. The Kier molecular flexibility index (Phi) is 5.15. The Hall–Kier alpha value is -3.99. The summed E-state index contributed by atoms with van der Waals surface area (Å²) >= 11 is 0. The minimum atomic E-state index is -0.268. The Labute approximate surface area is 186 Å². The molecule has 2 heterocycles. The summed E-state index contributed by atoms with van der Waals surface area (Å²) in [6.45, 7) is 4.36. The summed E-state index contributed by atoms with van der Waals surface area (Å²) in [5.74, 6) is 0.937. The second kappa shape index (κ2) is 8.27. The summed E-state index contributed by atoms with van der Waals surface area (Å²) in [5, 5.41) is 4.39. The van der Waals surface area contributed by atoms with Crippen LogP contribution in [0.1, 0.15) is 25.3 Å². The Morgan fingerprint density at radius 2 is 1.56 bits per heavy atom. The van der Waals surface area contributed by atoms with Crippen molar-refractivity contribution in [1.82, 2.24) is 14.5 Å². The highest BCUT2D eigenvalue weighted by molar-refractivity contribution is 6.03. The van der Waals surface area contributed by atoms with Crippen LogP contribution >= 0.6 is 0 Å². The zero-order valence-electron chi connectivity index (χ0n) is 18.0. The van der Waals surface area contributed by atoms with Crippen LogP contribution in [-0.4, -0.2) is 14.5 Å². The molecule has 5 rings (SSSR count). The maximum absolute atomic E-state index is 13.5. The minimum absolute atomic E-state index is 0.268. The lowest BCUT2D eigenvalue weighted by Crippen LogP contribution is -1.98. The van der Waals surface area contributed by atoms with Gasteiger partial charge in [0.25, 0.3) is 0 Å². The predicted molar refractivity (Wildman–Crippen MR) is 128 cm³/mol. The van der Waals surface area contributed by atoms with Gasteiger partial charge in [0.05, 0.1) is 5.39 Å². The van der Waals surface area contributed by atoms with Crippen LogP contribution in [0.25, 0.3) is 27.8 Å². The van der Waals surface area contributed by atoms with Gasteiger partial charge in [-0.15, -0.1) is 0 Å². The van der Waals surface area contributed by atoms with E-state index in [1.165, 1.54) is 17.7 Å². The number of hydrogen-bond donors (Lipinski definition) is 1. The molecule has 5 aromatic rings. The van der Waals surface area contributed by atoms with E-state index in [0.717, 1.165) is 39.4 Å². The van der Waals surface area contributed by atoms with Gasteiger partial charge < -0.3 is 9.88 Å². The fourth-order valence-electron chi connectivity index (χ4n) is 3.88. The molecule has 2 aromatic heterocycles. The van der Waals surface area contributed by atoms with Crippen LogP contribution in [0, 0.1) is 5.82 Å². The minimum Gasteiger partial charge on any atom is -0.340 e. The Balaban J connectivity index is 1.67. The second-order valence-corrected chi connectivity index (χ2v) is 8.08. The number of aromatic nitrogens is 3. The number of benzene rings is 3. The maximum atomic E-state index is 13.5. The van der Waals surface area contributed by atoms with E-state index in [-0.39, 0.29) is 5.82 Å². The Bertz CT molecular complexity index is 1360. The van der Waals surface area contributed by atoms with Gasteiger partial charge in [0.15, 0.2) is 5.65 Å². The van der Waals surface area contributed by atoms with E-state index >= 15 is 0 Å². The molecule has 0 saturated carbocycles. The molecule has 3 aromatic carbocycles. The molecule has 0 saturated heterocycles. The van der Waals surface area contributed by atoms with Crippen LogP contribution in [0.4, 0.5) is 15.9 Å². The third-order valence-electron chi connectivity index (χ3n) is 5.61. The molecule has 158 valence electrons. The van der Waals surface area contributed by atoms with Crippen molar-refractivity contribution in [3.63, 3.8) is 0 Å². The monoisotopic (exact) mass is 422 g/mol. The van der Waals surface area contributed by atoms with Crippen molar-refractivity contribution in [3.05, 3.63) is 103 Å². The van der Waals surface area contributed by atoms with E-state index < -0.39 is 0 Å². The van der Waals surface area contributed by atoms with Gasteiger partial charge in [-0.1, -0.05) is 56.3 Å². The molecule has 0 radical (unpaired) electrons. The number of fused-ring (bicyclic) bond motifs is 1. The number of anilines is 2. The van der Waals surface area contributed by atoms with Crippen molar-refractivity contribution in [2.75, 3.05) is 5.32 Å². The smallest absolute Gasteiger partial charge is 0.150 e. The first kappa shape index (κ1) is 19.9. The topological polar surface area (TPSA) is 42.7 Å². The van der Waals surface area contributed by atoms with E-state index in [1.54, 1.807) is 18.5 Å². The second-order valence-electron chi connectivity index (χ2n) is 8.08. The predicted octanol–water partition coefficient (Wildman–Crippen LogP) is 7.09. The molecule has 0 spiro atoms. The van der Waals surface area contributed by atoms with Crippen LogP contribution in [0.3, 0.4) is 0 Å². The van der Waals surface area contributed by atoms with E-state index in [2.05, 4.69) is 65.5 Å². The van der Waals surface area contributed by atoms with Crippen LogP contribution in [0.15, 0.2) is 91.4 Å². The van der Waals surface area contributed by atoms with Gasteiger partial charge in [0.2, 0.25) is 0 Å². The molecule has 32 heavy (non-hydrogen) atoms. The normalized spacial score (nSPS) is 11.2. The van der Waals surface area contributed by atoms with Crippen LogP contribution in [0.2, 0.25) is 0 Å². The van der Waals surface area contributed by atoms with Crippen LogP contribution < -0.4 is 5.32 Å². The number of hydrogen-bond acceptors (Lipinski definition) is 3. The Morgan fingerprint density at radius 3 is 2.25 bits per heavy atom. The molecular formula is C27H23FN4. The first-order chi connectivity index (χ1) is 15.6. The molecule has 0 fully saturated rings. The third kappa shape index (κ3) is 3.73. The van der Waals surface area contributed by atoms with Gasteiger partial charge in [-0.2, -0.15) is 0 Å². The quantitative estimate of drug-likeness (QED) is 0.329. The van der Waals surface area contributed by atoms with Crippen molar-refractivity contribution in [2.45, 2.75) is 19.8 Å². The van der Waals surface area contributed by atoms with Gasteiger partial charge in [-0.25, -0.2) is 14.4 Å². The highest BCUT2D eigenvalue weighted by Crippen LogP contribution is 2.36. The lowest BCUT2D eigenvalue weighted by molar-refractivity contribution is 0.627. The first-order valence-electron chi connectivity index (χ1n) is 10.6. The molecular weight excluding hydrogens is 399 g/mol. The molecule has 0 aliphatic heterocycles. The fraction of sp³-hybridized carbons (Fsp3) is 0.111. The van der Waals surface area contributed by atoms with Crippen molar-refractivity contribution >= 4 is 22.5 Å². The summed E-state index contributed by atoms with van der Waals surface area (Å²) in [6.07, 6.45) is 3.59. The molecule has 4 nitrogen and oxygen atoms in total. The number of rotatable bonds is 5. The summed E-state index contributed by atoms with van der Waals surface area (Å²) in [4.78, 5) is 9.16. The molecule has 1 N–H and O–H groups in total. The van der Waals surface area contributed by atoms with Crippen molar-refractivity contribution in [3.8, 4) is 16.8 Å². The SMILES string of the molecule is CC(C)c1ccc(Nc2ncnc3c2c(-c2ccccc2)cn3-c2ccc(F)cc2)cc1. The van der Waals surface area contributed by atoms with Crippen molar-refractivity contribution < 1.29 is 4.39 Å². The van der Waals surface area contributed by atoms with Gasteiger partial charge >= 0.3 is 0 Å². The van der Waals surface area contributed by atoms with Crippen LogP contribution in [0.5, 0.6) is 0 Å². The highest BCUT2D eigenvalue weighted by atomic mass is 19.1. The molecule has 0 bridgehead atoms. The van der Waals surface area contributed by atoms with E-state index in [0.29, 0.717) is 5.92 Å². The molecule has 0 aliphatic carbocycles. The Morgan fingerprint density at radius 1 is 0.844 bits per heavy atom. The summed E-state index contributed by atoms with van der Waals surface area (Å²) < 4.78 is 15.5. The largest absolute Gasteiger partial charge is 0.340 e. The average molecular weight is 423 g/mol. The lowest BCUT2D eigenvalue weighted by Gasteiger charge is -2.11. The highest BCUT2D eigenvalue weighted by Gasteiger charge is 2.17. The van der Waals surface area contributed by atoms with Crippen molar-refractivity contribution in [1.29, 1.82) is 0 Å². The molecule has 0 unspecified atom stereocenters. The number of halogens is 1. The zero-order chi connectivity index (χ0) is 22.1. The number of nitrogens with zero attached hydrogens (tertiary/aromatic N) is 3. The first-order valence-corrected chi connectivity index (χ1v) is 10.6. The third-order valence-corrected chi connectivity index (χ3v) is 5.61. The molecule has 0 amide bonds. The maximum Gasteiger partial charge on any atom is 0.150 e. The van der Waals surface area contributed by atoms with Crippen molar-refractivity contribution in [2.24, 2.45) is 0 Å². The van der Waals surface area contributed by atoms with E-state index in [4.69, 9.17) is 0 Å². The summed E-state index contributed by atoms with van der Waals surface area (Å²) in [5.41, 5.74) is 5.91. The van der Waals surface area contributed by atoms with Gasteiger partial charge in [-0.3, -0.25) is 0 Å². The fourth-order valence-corrected chi connectivity index (χ4v) is 3.88. The van der Waals surface area contributed by atoms with Gasteiger partial charge in [-0.05, 0) is 53.4 Å².